The van der Waals surface area contributed by atoms with Gasteiger partial charge in [-0.25, -0.2) is 4.79 Å². The molecule has 2 heterocycles. The summed E-state index contributed by atoms with van der Waals surface area (Å²) in [4.78, 5) is 24.7. The molecule has 5 nitrogen and oxygen atoms in total. The lowest BCUT2D eigenvalue weighted by molar-refractivity contribution is 0.309. The van der Waals surface area contributed by atoms with Crippen LogP contribution in [0.25, 0.3) is 0 Å². The van der Waals surface area contributed by atoms with Gasteiger partial charge in [0.2, 0.25) is 0 Å². The first-order valence-electron chi connectivity index (χ1n) is 4.87. The zero-order chi connectivity index (χ0) is 10.8. The van der Waals surface area contributed by atoms with Crippen LogP contribution in [0.5, 0.6) is 0 Å². The average Bonchev–Trinajstić information content (AvgIpc) is 2.11. The predicted octanol–water partition coefficient (Wildman–Crippen LogP) is -0.0914. The highest BCUT2D eigenvalue weighted by Gasteiger charge is 2.16. The van der Waals surface area contributed by atoms with E-state index in [0.717, 1.165) is 19.5 Å². The Morgan fingerprint density at radius 1 is 1.47 bits per heavy atom. The molecule has 0 bridgehead atoms. The first-order chi connectivity index (χ1) is 7.16. The highest BCUT2D eigenvalue weighted by Crippen LogP contribution is 2.09. The minimum absolute atomic E-state index is 0.338. The van der Waals surface area contributed by atoms with Crippen molar-refractivity contribution in [3.63, 3.8) is 0 Å². The maximum atomic E-state index is 11.4. The second-order valence-electron chi connectivity index (χ2n) is 3.74. The fourth-order valence-electron chi connectivity index (χ4n) is 1.52. The van der Waals surface area contributed by atoms with Gasteiger partial charge in [0.05, 0.1) is 4.47 Å². The molecule has 6 heteroatoms. The SMILES string of the molecule is O=c1[nH]c(=O)n(CCC2CNC2)cc1Br. The number of halogens is 1. The second kappa shape index (κ2) is 4.32. The van der Waals surface area contributed by atoms with Gasteiger partial charge in [-0.15, -0.1) is 0 Å². The minimum atomic E-state index is -0.374. The Bertz CT molecular complexity index is 461. The maximum Gasteiger partial charge on any atom is 0.328 e. The third-order valence-electron chi connectivity index (χ3n) is 2.61. The summed E-state index contributed by atoms with van der Waals surface area (Å²) >= 11 is 3.10. The van der Waals surface area contributed by atoms with E-state index in [9.17, 15) is 9.59 Å². The molecular weight excluding hydrogens is 262 g/mol. The number of nitrogens with one attached hydrogen (secondary N) is 2. The van der Waals surface area contributed by atoms with Crippen LogP contribution in [-0.4, -0.2) is 22.6 Å². The summed E-state index contributed by atoms with van der Waals surface area (Å²) in [5.74, 6) is 0.655. The zero-order valence-corrected chi connectivity index (χ0v) is 9.71. The van der Waals surface area contributed by atoms with E-state index in [2.05, 4.69) is 26.2 Å². The molecule has 1 fully saturated rings. The van der Waals surface area contributed by atoms with Crippen molar-refractivity contribution in [1.82, 2.24) is 14.9 Å². The van der Waals surface area contributed by atoms with Crippen LogP contribution in [0.4, 0.5) is 0 Å². The molecule has 0 spiro atoms. The lowest BCUT2D eigenvalue weighted by Crippen LogP contribution is -2.43. The number of nitrogens with zero attached hydrogens (tertiary/aromatic N) is 1. The van der Waals surface area contributed by atoms with Crippen LogP contribution in [0.3, 0.4) is 0 Å². The average molecular weight is 274 g/mol. The van der Waals surface area contributed by atoms with Gasteiger partial charge in [-0.05, 0) is 41.4 Å². The van der Waals surface area contributed by atoms with Gasteiger partial charge in [0, 0.05) is 12.7 Å². The van der Waals surface area contributed by atoms with Gasteiger partial charge in [0.1, 0.15) is 0 Å². The van der Waals surface area contributed by atoms with Crippen molar-refractivity contribution in [2.45, 2.75) is 13.0 Å². The van der Waals surface area contributed by atoms with E-state index in [1.54, 1.807) is 6.20 Å². The Morgan fingerprint density at radius 3 is 2.80 bits per heavy atom. The van der Waals surface area contributed by atoms with E-state index in [0.29, 0.717) is 16.9 Å². The molecule has 0 atom stereocenters. The van der Waals surface area contributed by atoms with Gasteiger partial charge in [-0.3, -0.25) is 14.3 Å². The fourth-order valence-corrected chi connectivity index (χ4v) is 1.87. The molecule has 1 aromatic rings. The number of rotatable bonds is 3. The molecule has 1 aliphatic rings. The number of H-pyrrole nitrogens is 1. The molecule has 0 aliphatic carbocycles. The summed E-state index contributed by atoms with van der Waals surface area (Å²) in [6.07, 6.45) is 2.51. The maximum absolute atomic E-state index is 11.4. The van der Waals surface area contributed by atoms with Crippen LogP contribution in [0.15, 0.2) is 20.3 Å². The molecule has 1 aromatic heterocycles. The summed E-state index contributed by atoms with van der Waals surface area (Å²) in [5.41, 5.74) is -0.711. The van der Waals surface area contributed by atoms with Crippen molar-refractivity contribution in [2.24, 2.45) is 5.92 Å². The minimum Gasteiger partial charge on any atom is -0.316 e. The largest absolute Gasteiger partial charge is 0.328 e. The van der Waals surface area contributed by atoms with E-state index in [1.165, 1.54) is 4.57 Å². The van der Waals surface area contributed by atoms with E-state index in [-0.39, 0.29) is 11.2 Å². The van der Waals surface area contributed by atoms with Crippen LogP contribution in [0.1, 0.15) is 6.42 Å². The summed E-state index contributed by atoms with van der Waals surface area (Å²) in [5, 5.41) is 3.18. The molecule has 0 saturated carbocycles. The van der Waals surface area contributed by atoms with Gasteiger partial charge in [0.25, 0.3) is 5.56 Å². The van der Waals surface area contributed by atoms with Crippen LogP contribution in [-0.2, 0) is 6.54 Å². The van der Waals surface area contributed by atoms with Crippen molar-refractivity contribution in [3.8, 4) is 0 Å². The topological polar surface area (TPSA) is 66.9 Å². The summed E-state index contributed by atoms with van der Waals surface area (Å²) in [7, 11) is 0. The summed E-state index contributed by atoms with van der Waals surface area (Å²) in [6.45, 7) is 2.71. The molecule has 15 heavy (non-hydrogen) atoms. The standard InChI is InChI=1S/C9H12BrN3O2/c10-7-5-13(9(15)12-8(7)14)2-1-6-3-11-4-6/h5-6,11H,1-4H2,(H,12,14,15). The van der Waals surface area contributed by atoms with E-state index in [1.807, 2.05) is 0 Å². The third kappa shape index (κ3) is 2.38. The van der Waals surface area contributed by atoms with E-state index < -0.39 is 0 Å². The van der Waals surface area contributed by atoms with Crippen molar-refractivity contribution >= 4 is 15.9 Å². The Hall–Kier alpha value is -0.880. The van der Waals surface area contributed by atoms with Gasteiger partial charge in [-0.1, -0.05) is 0 Å². The van der Waals surface area contributed by atoms with Crippen LogP contribution >= 0.6 is 15.9 Å². The summed E-state index contributed by atoms with van der Waals surface area (Å²) in [6, 6.07) is 0. The van der Waals surface area contributed by atoms with Crippen molar-refractivity contribution < 1.29 is 0 Å². The molecule has 2 N–H and O–H groups in total. The molecular formula is C9H12BrN3O2. The Morgan fingerprint density at radius 2 is 2.20 bits per heavy atom. The molecule has 0 radical (unpaired) electrons. The van der Waals surface area contributed by atoms with Crippen LogP contribution in [0, 0.1) is 5.92 Å². The number of aryl methyl sites for hydroxylation is 1. The molecule has 0 amide bonds. The first kappa shape index (κ1) is 10.6. The highest BCUT2D eigenvalue weighted by atomic mass is 79.9. The number of hydrogen-bond donors (Lipinski definition) is 2. The lowest BCUT2D eigenvalue weighted by Gasteiger charge is -2.27. The van der Waals surface area contributed by atoms with Gasteiger partial charge >= 0.3 is 5.69 Å². The predicted molar refractivity (Wildman–Crippen MR) is 60.0 cm³/mol. The third-order valence-corrected chi connectivity index (χ3v) is 3.18. The zero-order valence-electron chi connectivity index (χ0n) is 8.12. The van der Waals surface area contributed by atoms with Gasteiger partial charge in [0.15, 0.2) is 0 Å². The molecule has 0 aromatic carbocycles. The monoisotopic (exact) mass is 273 g/mol. The fraction of sp³-hybridized carbons (Fsp3) is 0.556. The van der Waals surface area contributed by atoms with Gasteiger partial charge < -0.3 is 5.32 Å². The number of aromatic amines is 1. The lowest BCUT2D eigenvalue weighted by atomic mass is 10.00. The summed E-state index contributed by atoms with van der Waals surface area (Å²) < 4.78 is 1.93. The van der Waals surface area contributed by atoms with E-state index >= 15 is 0 Å². The van der Waals surface area contributed by atoms with Crippen molar-refractivity contribution in [3.05, 3.63) is 31.5 Å². The first-order valence-corrected chi connectivity index (χ1v) is 5.66. The highest BCUT2D eigenvalue weighted by molar-refractivity contribution is 9.10. The molecule has 1 aliphatic heterocycles. The van der Waals surface area contributed by atoms with E-state index in [4.69, 9.17) is 0 Å². The normalized spacial score (nSPS) is 16.3. The number of aromatic nitrogens is 2. The molecule has 0 unspecified atom stereocenters. The molecule has 2 rings (SSSR count). The van der Waals surface area contributed by atoms with Gasteiger partial charge in [-0.2, -0.15) is 0 Å². The smallest absolute Gasteiger partial charge is 0.316 e. The van der Waals surface area contributed by atoms with Crippen LogP contribution in [0.2, 0.25) is 0 Å². The second-order valence-corrected chi connectivity index (χ2v) is 4.60. The molecule has 82 valence electrons. The Kier molecular flexibility index (Phi) is 3.06. The van der Waals surface area contributed by atoms with Crippen LogP contribution < -0.4 is 16.6 Å². The Balaban J connectivity index is 2.10. The Labute approximate surface area is 94.6 Å². The van der Waals surface area contributed by atoms with Crippen molar-refractivity contribution in [1.29, 1.82) is 0 Å². The van der Waals surface area contributed by atoms with Crippen molar-refractivity contribution in [2.75, 3.05) is 13.1 Å². The molecule has 1 saturated heterocycles. The quantitative estimate of drug-likeness (QED) is 0.809. The number of hydrogen-bond acceptors (Lipinski definition) is 3.